The largest absolute Gasteiger partial charge is 0.439 e. The highest BCUT2D eigenvalue weighted by molar-refractivity contribution is 5.79. The van der Waals surface area contributed by atoms with Crippen LogP contribution in [0.4, 0.5) is 10.2 Å². The number of aromatic nitrogens is 2. The molecule has 1 saturated heterocycles. The fourth-order valence-corrected chi connectivity index (χ4v) is 4.08. The van der Waals surface area contributed by atoms with E-state index in [1.165, 1.54) is 18.5 Å². The number of anilines is 1. The van der Waals surface area contributed by atoms with Crippen LogP contribution in [0.25, 0.3) is 0 Å². The summed E-state index contributed by atoms with van der Waals surface area (Å²) in [5.41, 5.74) is 0.703. The Balaban J connectivity index is 1.66. The summed E-state index contributed by atoms with van der Waals surface area (Å²) < 4.78 is 19.2. The lowest BCUT2D eigenvalue weighted by atomic mass is 9.96. The van der Waals surface area contributed by atoms with Gasteiger partial charge in [-0.3, -0.25) is 4.79 Å². The fourth-order valence-electron chi connectivity index (χ4n) is 4.08. The number of carbonyl (C=O) groups is 1. The van der Waals surface area contributed by atoms with E-state index in [1.54, 1.807) is 19.1 Å². The van der Waals surface area contributed by atoms with Gasteiger partial charge in [0.15, 0.2) is 0 Å². The molecule has 31 heavy (non-hydrogen) atoms. The third kappa shape index (κ3) is 5.71. The highest BCUT2D eigenvalue weighted by Gasteiger charge is 2.31. The summed E-state index contributed by atoms with van der Waals surface area (Å²) in [4.78, 5) is 25.8. The number of carbonyl (C=O) groups excluding carboxylic acids is 1. The van der Waals surface area contributed by atoms with Gasteiger partial charge in [0.05, 0.1) is 0 Å². The molecule has 168 valence electrons. The Labute approximate surface area is 184 Å². The summed E-state index contributed by atoms with van der Waals surface area (Å²) in [6, 6.07) is 6.30. The second-order valence-electron chi connectivity index (χ2n) is 8.30. The van der Waals surface area contributed by atoms with E-state index in [4.69, 9.17) is 4.74 Å². The minimum absolute atomic E-state index is 0.107. The Kier molecular flexibility index (Phi) is 7.82. The van der Waals surface area contributed by atoms with Crippen LogP contribution in [-0.4, -0.2) is 46.5 Å². The van der Waals surface area contributed by atoms with Crippen molar-refractivity contribution in [1.29, 1.82) is 0 Å². The smallest absolute Gasteiger partial charge is 0.226 e. The molecule has 1 aliphatic heterocycles. The summed E-state index contributed by atoms with van der Waals surface area (Å²) in [5.74, 6) is 1.84. The van der Waals surface area contributed by atoms with Gasteiger partial charge < -0.3 is 14.5 Å². The van der Waals surface area contributed by atoms with E-state index in [0.717, 1.165) is 31.5 Å². The van der Waals surface area contributed by atoms with E-state index in [2.05, 4.69) is 35.6 Å². The number of aryl methyl sites for hydroxylation is 1. The normalized spacial score (nSPS) is 17.5. The van der Waals surface area contributed by atoms with Crippen molar-refractivity contribution in [3.8, 4) is 11.6 Å². The Morgan fingerprint density at radius 2 is 2.06 bits per heavy atom. The van der Waals surface area contributed by atoms with Gasteiger partial charge in [-0.2, -0.15) is 0 Å². The lowest BCUT2D eigenvalue weighted by Crippen LogP contribution is -2.55. The number of hydrogen-bond acceptors (Lipinski definition) is 5. The van der Waals surface area contributed by atoms with Crippen LogP contribution in [0.1, 0.15) is 52.0 Å². The molecule has 0 N–H and O–H groups in total. The molecule has 2 atom stereocenters. The van der Waals surface area contributed by atoms with Crippen molar-refractivity contribution >= 4 is 11.7 Å². The highest BCUT2D eigenvalue weighted by Crippen LogP contribution is 2.27. The van der Waals surface area contributed by atoms with Gasteiger partial charge in [0, 0.05) is 37.7 Å². The number of hydrogen-bond donors (Lipinski definition) is 0. The maximum atomic E-state index is 13.3. The van der Waals surface area contributed by atoms with E-state index in [0.29, 0.717) is 36.8 Å². The van der Waals surface area contributed by atoms with Crippen molar-refractivity contribution in [2.45, 2.75) is 59.4 Å². The molecule has 0 bridgehead atoms. The number of halogens is 1. The molecule has 1 amide bonds. The maximum Gasteiger partial charge on any atom is 0.226 e. The van der Waals surface area contributed by atoms with Crippen molar-refractivity contribution in [2.75, 3.05) is 24.5 Å². The molecule has 0 radical (unpaired) electrons. The first-order chi connectivity index (χ1) is 14.9. The van der Waals surface area contributed by atoms with Crippen LogP contribution in [0.15, 0.2) is 30.6 Å². The van der Waals surface area contributed by atoms with Crippen LogP contribution in [0.3, 0.4) is 0 Å². The zero-order chi connectivity index (χ0) is 22.4. The van der Waals surface area contributed by atoms with Crippen LogP contribution in [0.5, 0.6) is 11.6 Å². The number of nitrogens with zero attached hydrogens (tertiary/aromatic N) is 4. The number of amides is 1. The van der Waals surface area contributed by atoms with E-state index < -0.39 is 0 Å². The number of ether oxygens (including phenoxy) is 1. The molecule has 0 spiro atoms. The predicted octanol–water partition coefficient (Wildman–Crippen LogP) is 4.97. The molecule has 0 saturated carbocycles. The molecule has 0 unspecified atom stereocenters. The zero-order valence-corrected chi connectivity index (χ0v) is 19.0. The van der Waals surface area contributed by atoms with Crippen molar-refractivity contribution in [3.63, 3.8) is 0 Å². The van der Waals surface area contributed by atoms with Crippen LogP contribution >= 0.6 is 0 Å². The van der Waals surface area contributed by atoms with E-state index >= 15 is 0 Å². The number of unbranched alkanes of at least 4 members (excludes halogenated alkanes) is 1. The Hall–Kier alpha value is -2.70. The molecular formula is C24H33FN4O2. The maximum absolute atomic E-state index is 13.3. The minimum atomic E-state index is -0.297. The molecule has 2 aromatic rings. The number of benzene rings is 1. The van der Waals surface area contributed by atoms with Crippen molar-refractivity contribution < 1.29 is 13.9 Å². The minimum Gasteiger partial charge on any atom is -0.439 e. The van der Waals surface area contributed by atoms with Gasteiger partial charge in [-0.05, 0) is 50.5 Å². The summed E-state index contributed by atoms with van der Waals surface area (Å²) >= 11 is 0. The van der Waals surface area contributed by atoms with Gasteiger partial charge in [-0.1, -0.05) is 26.7 Å². The molecule has 7 heteroatoms. The predicted molar refractivity (Wildman–Crippen MR) is 120 cm³/mol. The SMILES string of the molecule is CCCC[C@H](CC)C(=O)N1CCN(c2cc(Oc3ccc(F)cc3C)ncn2)C[C@@H]1C. The van der Waals surface area contributed by atoms with Crippen LogP contribution in [0, 0.1) is 18.7 Å². The number of piperazine rings is 1. The van der Waals surface area contributed by atoms with E-state index in [-0.39, 0.29) is 23.7 Å². The average molecular weight is 429 g/mol. The molecule has 6 nitrogen and oxygen atoms in total. The second kappa shape index (κ2) is 10.6. The lowest BCUT2D eigenvalue weighted by molar-refractivity contribution is -0.138. The standard InChI is InChI=1S/C24H33FN4O2/c1-5-7-8-19(6-2)24(30)29-12-11-28(15-18(29)4)22-14-23(27-16-26-22)31-21-10-9-20(25)13-17(21)3/h9-10,13-14,16,18-19H,5-8,11-12,15H2,1-4H3/t18-,19-/m0/s1. The third-order valence-electron chi connectivity index (χ3n) is 5.96. The first-order valence-corrected chi connectivity index (χ1v) is 11.2. The first-order valence-electron chi connectivity index (χ1n) is 11.2. The summed E-state index contributed by atoms with van der Waals surface area (Å²) in [6.45, 7) is 10.3. The Morgan fingerprint density at radius 3 is 2.74 bits per heavy atom. The molecular weight excluding hydrogens is 395 g/mol. The van der Waals surface area contributed by atoms with E-state index in [1.807, 2.05) is 4.90 Å². The molecule has 1 fully saturated rings. The monoisotopic (exact) mass is 428 g/mol. The number of rotatable bonds is 8. The average Bonchev–Trinajstić information content (AvgIpc) is 2.76. The summed E-state index contributed by atoms with van der Waals surface area (Å²) in [6.07, 6.45) is 5.54. The second-order valence-corrected chi connectivity index (χ2v) is 8.30. The Bertz CT molecular complexity index is 892. The van der Waals surface area contributed by atoms with Crippen molar-refractivity contribution in [2.24, 2.45) is 5.92 Å². The van der Waals surface area contributed by atoms with Crippen LogP contribution < -0.4 is 9.64 Å². The Morgan fingerprint density at radius 1 is 1.26 bits per heavy atom. The molecule has 2 heterocycles. The molecule has 1 aliphatic rings. The van der Waals surface area contributed by atoms with Crippen LogP contribution in [-0.2, 0) is 4.79 Å². The van der Waals surface area contributed by atoms with Gasteiger partial charge in [0.1, 0.15) is 23.7 Å². The fraction of sp³-hybridized carbons (Fsp3) is 0.542. The quantitative estimate of drug-likeness (QED) is 0.594. The van der Waals surface area contributed by atoms with Gasteiger partial charge in [-0.25, -0.2) is 14.4 Å². The zero-order valence-electron chi connectivity index (χ0n) is 19.0. The van der Waals surface area contributed by atoms with Crippen molar-refractivity contribution in [3.05, 3.63) is 42.0 Å². The van der Waals surface area contributed by atoms with Gasteiger partial charge in [-0.15, -0.1) is 0 Å². The summed E-state index contributed by atoms with van der Waals surface area (Å²) in [5, 5.41) is 0. The van der Waals surface area contributed by atoms with Crippen LogP contribution in [0.2, 0.25) is 0 Å². The van der Waals surface area contributed by atoms with Crippen molar-refractivity contribution in [1.82, 2.24) is 14.9 Å². The highest BCUT2D eigenvalue weighted by atomic mass is 19.1. The third-order valence-corrected chi connectivity index (χ3v) is 5.96. The van der Waals surface area contributed by atoms with Gasteiger partial charge >= 0.3 is 0 Å². The summed E-state index contributed by atoms with van der Waals surface area (Å²) in [7, 11) is 0. The molecule has 1 aromatic heterocycles. The topological polar surface area (TPSA) is 58.6 Å². The molecule has 3 rings (SSSR count). The first kappa shape index (κ1) is 23.0. The van der Waals surface area contributed by atoms with E-state index in [9.17, 15) is 9.18 Å². The molecule has 1 aromatic carbocycles. The lowest BCUT2D eigenvalue weighted by Gasteiger charge is -2.41. The van der Waals surface area contributed by atoms with Gasteiger partial charge in [0.2, 0.25) is 11.8 Å². The molecule has 0 aliphatic carbocycles. The van der Waals surface area contributed by atoms with Gasteiger partial charge in [0.25, 0.3) is 0 Å².